The van der Waals surface area contributed by atoms with E-state index in [0.717, 1.165) is 21.9 Å². The summed E-state index contributed by atoms with van der Waals surface area (Å²) in [5.41, 5.74) is 3.84. The number of aryl methyl sites for hydroxylation is 3. The van der Waals surface area contributed by atoms with Crippen molar-refractivity contribution in [2.75, 3.05) is 12.4 Å². The van der Waals surface area contributed by atoms with Crippen LogP contribution in [0.15, 0.2) is 42.5 Å². The molecular weight excluding hydrogens is 388 g/mol. The van der Waals surface area contributed by atoms with Crippen LogP contribution in [0.2, 0.25) is 0 Å². The molecule has 1 N–H and O–H groups in total. The van der Waals surface area contributed by atoms with E-state index < -0.39 is 5.97 Å². The number of hydrogen-bond acceptors (Lipinski definition) is 6. The minimum absolute atomic E-state index is 0.246. The molecule has 0 unspecified atom stereocenters. The van der Waals surface area contributed by atoms with Gasteiger partial charge in [-0.25, -0.2) is 9.78 Å². The van der Waals surface area contributed by atoms with E-state index in [0.29, 0.717) is 28.4 Å². The third-order valence-corrected chi connectivity index (χ3v) is 5.44. The number of methoxy groups -OCH3 is 1. The topological polar surface area (TPSA) is 77.5 Å². The molecule has 0 fully saturated rings. The van der Waals surface area contributed by atoms with Gasteiger partial charge in [0.15, 0.2) is 0 Å². The van der Waals surface area contributed by atoms with Crippen LogP contribution in [0.25, 0.3) is 0 Å². The van der Waals surface area contributed by atoms with Crippen LogP contribution in [0, 0.1) is 20.8 Å². The lowest BCUT2D eigenvalue weighted by Gasteiger charge is -2.08. The third kappa shape index (κ3) is 5.00. The molecular formula is C22H22N2O4S. The molecule has 0 saturated heterocycles. The highest BCUT2D eigenvalue weighted by Gasteiger charge is 2.16. The molecule has 3 aromatic rings. The van der Waals surface area contributed by atoms with E-state index in [4.69, 9.17) is 4.74 Å². The van der Waals surface area contributed by atoms with Crippen LogP contribution in [0.3, 0.4) is 0 Å². The Kier molecular flexibility index (Phi) is 6.29. The summed E-state index contributed by atoms with van der Waals surface area (Å²) in [5, 5.41) is 3.56. The SMILES string of the molecule is COC(=O)c1ccc(NC(=O)c2sc(COc3cc(C)ccc3C)nc2C)cc1. The Bertz CT molecular complexity index is 1040. The molecule has 7 heteroatoms. The summed E-state index contributed by atoms with van der Waals surface area (Å²) in [7, 11) is 1.33. The van der Waals surface area contributed by atoms with Crippen LogP contribution in [0.1, 0.15) is 41.9 Å². The minimum Gasteiger partial charge on any atom is -0.486 e. The molecule has 0 saturated carbocycles. The molecule has 3 rings (SSSR count). The predicted molar refractivity (Wildman–Crippen MR) is 113 cm³/mol. The summed E-state index contributed by atoms with van der Waals surface area (Å²) in [6, 6.07) is 12.6. The van der Waals surface area contributed by atoms with Gasteiger partial charge in [0, 0.05) is 5.69 Å². The molecule has 0 spiro atoms. The van der Waals surface area contributed by atoms with Gasteiger partial charge < -0.3 is 14.8 Å². The van der Waals surface area contributed by atoms with Gasteiger partial charge in [0.05, 0.1) is 18.4 Å². The van der Waals surface area contributed by atoms with Crippen molar-refractivity contribution < 1.29 is 19.1 Å². The number of aromatic nitrogens is 1. The van der Waals surface area contributed by atoms with Crippen molar-refractivity contribution in [3.63, 3.8) is 0 Å². The van der Waals surface area contributed by atoms with E-state index in [1.165, 1.54) is 18.4 Å². The second-order valence-corrected chi connectivity index (χ2v) is 7.69. The number of ether oxygens (including phenoxy) is 2. The normalized spacial score (nSPS) is 10.5. The number of amides is 1. The molecule has 0 radical (unpaired) electrons. The average Bonchev–Trinajstić information content (AvgIpc) is 3.09. The Labute approximate surface area is 173 Å². The molecule has 6 nitrogen and oxygen atoms in total. The Hall–Kier alpha value is -3.19. The molecule has 150 valence electrons. The third-order valence-electron chi connectivity index (χ3n) is 4.31. The monoisotopic (exact) mass is 410 g/mol. The van der Waals surface area contributed by atoms with Crippen molar-refractivity contribution in [2.24, 2.45) is 0 Å². The average molecular weight is 410 g/mol. The van der Waals surface area contributed by atoms with Crippen molar-refractivity contribution in [1.82, 2.24) is 4.98 Å². The summed E-state index contributed by atoms with van der Waals surface area (Å²) < 4.78 is 10.6. The van der Waals surface area contributed by atoms with E-state index in [1.807, 2.05) is 32.0 Å². The van der Waals surface area contributed by atoms with Crippen LogP contribution in [0.4, 0.5) is 5.69 Å². The van der Waals surface area contributed by atoms with Gasteiger partial charge in [-0.1, -0.05) is 12.1 Å². The summed E-state index contributed by atoms with van der Waals surface area (Å²) in [6.07, 6.45) is 0. The number of anilines is 1. The lowest BCUT2D eigenvalue weighted by atomic mass is 10.1. The summed E-state index contributed by atoms with van der Waals surface area (Å²) in [6.45, 7) is 6.11. The zero-order valence-corrected chi connectivity index (χ0v) is 17.6. The Morgan fingerprint density at radius 1 is 1.07 bits per heavy atom. The lowest BCUT2D eigenvalue weighted by Crippen LogP contribution is -2.11. The number of carbonyl (C=O) groups is 2. The fraction of sp³-hybridized carbons (Fsp3) is 0.227. The largest absolute Gasteiger partial charge is 0.486 e. The number of nitrogens with zero attached hydrogens (tertiary/aromatic N) is 1. The van der Waals surface area contributed by atoms with Gasteiger partial charge in [-0.05, 0) is 62.2 Å². The first-order valence-corrected chi connectivity index (χ1v) is 9.85. The summed E-state index contributed by atoms with van der Waals surface area (Å²) in [5.74, 6) is 0.146. The van der Waals surface area contributed by atoms with E-state index in [9.17, 15) is 9.59 Å². The molecule has 2 aromatic carbocycles. The highest BCUT2D eigenvalue weighted by atomic mass is 32.1. The van der Waals surface area contributed by atoms with Gasteiger partial charge in [-0.2, -0.15) is 0 Å². The smallest absolute Gasteiger partial charge is 0.337 e. The lowest BCUT2D eigenvalue weighted by molar-refractivity contribution is 0.0600. The van der Waals surface area contributed by atoms with E-state index >= 15 is 0 Å². The van der Waals surface area contributed by atoms with Gasteiger partial charge in [0.2, 0.25) is 0 Å². The Balaban J connectivity index is 1.66. The molecule has 0 aliphatic heterocycles. The fourth-order valence-corrected chi connectivity index (χ4v) is 3.60. The van der Waals surface area contributed by atoms with E-state index in [1.54, 1.807) is 31.2 Å². The van der Waals surface area contributed by atoms with Crippen molar-refractivity contribution in [1.29, 1.82) is 0 Å². The highest BCUT2D eigenvalue weighted by Crippen LogP contribution is 2.24. The van der Waals surface area contributed by atoms with Gasteiger partial charge in [-0.15, -0.1) is 11.3 Å². The number of carbonyl (C=O) groups excluding carboxylic acids is 2. The molecule has 1 aromatic heterocycles. The molecule has 0 aliphatic rings. The molecule has 29 heavy (non-hydrogen) atoms. The predicted octanol–water partition coefficient (Wildman–Crippen LogP) is 4.69. The molecule has 1 amide bonds. The van der Waals surface area contributed by atoms with Crippen molar-refractivity contribution >= 4 is 28.9 Å². The van der Waals surface area contributed by atoms with Gasteiger partial charge in [-0.3, -0.25) is 4.79 Å². The van der Waals surface area contributed by atoms with Crippen LogP contribution >= 0.6 is 11.3 Å². The number of hydrogen-bond donors (Lipinski definition) is 1. The highest BCUT2D eigenvalue weighted by molar-refractivity contribution is 7.13. The van der Waals surface area contributed by atoms with Crippen LogP contribution in [-0.4, -0.2) is 24.0 Å². The summed E-state index contributed by atoms with van der Waals surface area (Å²) >= 11 is 1.31. The van der Waals surface area contributed by atoms with Crippen LogP contribution < -0.4 is 10.1 Å². The molecule has 0 aliphatic carbocycles. The van der Waals surface area contributed by atoms with E-state index in [2.05, 4.69) is 15.0 Å². The first-order valence-electron chi connectivity index (χ1n) is 9.03. The quantitative estimate of drug-likeness (QED) is 0.597. The van der Waals surface area contributed by atoms with Crippen LogP contribution in [-0.2, 0) is 11.3 Å². The first-order chi connectivity index (χ1) is 13.9. The maximum absolute atomic E-state index is 12.6. The number of benzene rings is 2. The zero-order chi connectivity index (χ0) is 21.0. The number of esters is 1. The van der Waals surface area contributed by atoms with Gasteiger partial charge in [0.1, 0.15) is 22.2 Å². The number of nitrogens with one attached hydrogen (secondary N) is 1. The van der Waals surface area contributed by atoms with Gasteiger partial charge >= 0.3 is 5.97 Å². The minimum atomic E-state index is -0.422. The van der Waals surface area contributed by atoms with Crippen molar-refractivity contribution in [3.05, 3.63) is 74.7 Å². The van der Waals surface area contributed by atoms with E-state index in [-0.39, 0.29) is 5.91 Å². The maximum atomic E-state index is 12.6. The first kappa shape index (κ1) is 20.5. The molecule has 0 atom stereocenters. The maximum Gasteiger partial charge on any atom is 0.337 e. The standard InChI is InChI=1S/C22H22N2O4S/c1-13-5-6-14(2)18(11-13)28-12-19-23-15(3)20(29-19)21(25)24-17-9-7-16(8-10-17)22(26)27-4/h5-11H,12H2,1-4H3,(H,24,25). The Morgan fingerprint density at radius 3 is 2.48 bits per heavy atom. The second-order valence-electron chi connectivity index (χ2n) is 6.60. The van der Waals surface area contributed by atoms with Crippen molar-refractivity contribution in [2.45, 2.75) is 27.4 Å². The van der Waals surface area contributed by atoms with Crippen LogP contribution in [0.5, 0.6) is 5.75 Å². The van der Waals surface area contributed by atoms with Gasteiger partial charge in [0.25, 0.3) is 5.91 Å². The second kappa shape index (κ2) is 8.87. The van der Waals surface area contributed by atoms with Crippen molar-refractivity contribution in [3.8, 4) is 5.75 Å². The molecule has 1 heterocycles. The number of rotatable bonds is 6. The summed E-state index contributed by atoms with van der Waals surface area (Å²) in [4.78, 5) is 29.1. The molecule has 0 bridgehead atoms. The number of thiazole rings is 1. The Morgan fingerprint density at radius 2 is 1.79 bits per heavy atom. The fourth-order valence-electron chi connectivity index (χ4n) is 2.72. The zero-order valence-electron chi connectivity index (χ0n) is 16.7.